The molecule has 4 heteroatoms. The molecule has 1 rings (SSSR count). The van der Waals surface area contributed by atoms with Crippen molar-refractivity contribution in [3.63, 3.8) is 0 Å². The highest BCUT2D eigenvalue weighted by molar-refractivity contribution is 5.72. The van der Waals surface area contributed by atoms with Crippen LogP contribution < -0.4 is 0 Å². The van der Waals surface area contributed by atoms with Gasteiger partial charge >= 0.3 is 5.97 Å². The highest BCUT2D eigenvalue weighted by atomic mass is 16.6. The number of aliphatic hydroxyl groups excluding tert-OH is 1. The van der Waals surface area contributed by atoms with E-state index in [1.54, 1.807) is 0 Å². The summed E-state index contributed by atoms with van der Waals surface area (Å²) >= 11 is 0. The number of carboxylic acid groups (broad SMARTS) is 1. The molecule has 0 aromatic carbocycles. The lowest BCUT2D eigenvalue weighted by Crippen LogP contribution is -2.20. The molecule has 1 unspecified atom stereocenters. The van der Waals surface area contributed by atoms with E-state index in [0.29, 0.717) is 12.8 Å². The molecule has 1 aliphatic heterocycles. The highest BCUT2D eigenvalue weighted by Crippen LogP contribution is 2.16. The van der Waals surface area contributed by atoms with Crippen LogP contribution in [-0.4, -0.2) is 28.6 Å². The molecule has 0 amide bonds. The summed E-state index contributed by atoms with van der Waals surface area (Å²) in [6, 6.07) is 0. The lowest BCUT2D eigenvalue weighted by molar-refractivity contribution is -0.159. The molecule has 1 heterocycles. The Bertz CT molecular complexity index is 122. The Balaban J connectivity index is 2.39. The third-order valence-corrected chi connectivity index (χ3v) is 1.27. The molecular formula is C5H8O4. The predicted molar refractivity (Wildman–Crippen MR) is 27.7 cm³/mol. The summed E-state index contributed by atoms with van der Waals surface area (Å²) in [6.45, 7) is 0. The minimum absolute atomic E-state index is 0.413. The van der Waals surface area contributed by atoms with Crippen molar-refractivity contribution in [1.82, 2.24) is 0 Å². The van der Waals surface area contributed by atoms with Crippen molar-refractivity contribution in [1.29, 1.82) is 0 Å². The van der Waals surface area contributed by atoms with Crippen LogP contribution in [0.2, 0.25) is 0 Å². The fourth-order valence-corrected chi connectivity index (χ4v) is 0.801. The first-order valence-electron chi connectivity index (χ1n) is 2.76. The fraction of sp³-hybridized carbons (Fsp3) is 0.800. The van der Waals surface area contributed by atoms with Crippen molar-refractivity contribution in [2.75, 3.05) is 0 Å². The van der Waals surface area contributed by atoms with E-state index in [1.807, 2.05) is 0 Å². The first-order valence-corrected chi connectivity index (χ1v) is 2.76. The summed E-state index contributed by atoms with van der Waals surface area (Å²) in [5.41, 5.74) is 0. The van der Waals surface area contributed by atoms with E-state index in [2.05, 4.69) is 4.74 Å². The smallest absolute Gasteiger partial charge is 0.332 e. The van der Waals surface area contributed by atoms with Crippen LogP contribution in [-0.2, 0) is 9.53 Å². The third-order valence-electron chi connectivity index (χ3n) is 1.27. The van der Waals surface area contributed by atoms with Gasteiger partial charge in [0.25, 0.3) is 0 Å². The van der Waals surface area contributed by atoms with Gasteiger partial charge in [-0.2, -0.15) is 0 Å². The molecule has 0 aromatic heterocycles. The van der Waals surface area contributed by atoms with Gasteiger partial charge in [-0.25, -0.2) is 4.79 Å². The number of carbonyl (C=O) groups is 1. The van der Waals surface area contributed by atoms with E-state index in [9.17, 15) is 4.79 Å². The van der Waals surface area contributed by atoms with E-state index in [1.165, 1.54) is 0 Å². The Labute approximate surface area is 52.1 Å². The molecule has 1 aliphatic rings. The van der Waals surface area contributed by atoms with Gasteiger partial charge in [-0.15, -0.1) is 0 Å². The Morgan fingerprint density at radius 3 is 2.44 bits per heavy atom. The van der Waals surface area contributed by atoms with Gasteiger partial charge in [0.2, 0.25) is 0 Å². The number of rotatable bonds is 1. The molecule has 0 spiro atoms. The van der Waals surface area contributed by atoms with Crippen LogP contribution in [0.5, 0.6) is 0 Å². The van der Waals surface area contributed by atoms with Crippen molar-refractivity contribution < 1.29 is 19.7 Å². The van der Waals surface area contributed by atoms with Crippen LogP contribution in [0.3, 0.4) is 0 Å². The van der Waals surface area contributed by atoms with Gasteiger partial charge in [0.15, 0.2) is 12.4 Å². The standard InChI is InChI=1S/C5H8O4/c6-4-2-1-3(9-4)5(7)8/h3-4,6H,1-2H2,(H,7,8)/t3-,4?/m1/s1. The first-order chi connectivity index (χ1) is 4.20. The number of ether oxygens (including phenoxy) is 1. The van der Waals surface area contributed by atoms with Crippen LogP contribution in [0, 0.1) is 0 Å². The second-order valence-corrected chi connectivity index (χ2v) is 1.99. The number of hydrogen-bond acceptors (Lipinski definition) is 3. The van der Waals surface area contributed by atoms with E-state index in [0.717, 1.165) is 0 Å². The molecule has 2 atom stereocenters. The quantitative estimate of drug-likeness (QED) is 0.508. The Morgan fingerprint density at radius 1 is 1.56 bits per heavy atom. The van der Waals surface area contributed by atoms with E-state index in [-0.39, 0.29) is 0 Å². The maximum absolute atomic E-state index is 10.1. The molecule has 1 fully saturated rings. The molecule has 0 saturated carbocycles. The number of hydrogen-bond donors (Lipinski definition) is 2. The van der Waals surface area contributed by atoms with Crippen LogP contribution in [0.1, 0.15) is 12.8 Å². The molecule has 0 aromatic rings. The zero-order valence-electron chi connectivity index (χ0n) is 4.78. The Kier molecular flexibility index (Phi) is 1.68. The zero-order valence-corrected chi connectivity index (χ0v) is 4.78. The van der Waals surface area contributed by atoms with E-state index in [4.69, 9.17) is 10.2 Å². The zero-order chi connectivity index (χ0) is 6.85. The van der Waals surface area contributed by atoms with Crippen molar-refractivity contribution in [2.45, 2.75) is 25.2 Å². The third kappa shape index (κ3) is 1.40. The average molecular weight is 132 g/mol. The largest absolute Gasteiger partial charge is 0.479 e. The molecule has 0 aliphatic carbocycles. The molecule has 4 nitrogen and oxygen atoms in total. The normalized spacial score (nSPS) is 34.8. The van der Waals surface area contributed by atoms with Crippen molar-refractivity contribution in [3.8, 4) is 0 Å². The molecule has 0 bridgehead atoms. The monoisotopic (exact) mass is 132 g/mol. The van der Waals surface area contributed by atoms with Gasteiger partial charge < -0.3 is 14.9 Å². The van der Waals surface area contributed by atoms with Crippen molar-refractivity contribution in [3.05, 3.63) is 0 Å². The lowest BCUT2D eigenvalue weighted by atomic mass is 10.2. The number of aliphatic hydroxyl groups is 1. The Hall–Kier alpha value is -0.610. The highest BCUT2D eigenvalue weighted by Gasteiger charge is 2.28. The second-order valence-electron chi connectivity index (χ2n) is 1.99. The van der Waals surface area contributed by atoms with Gasteiger partial charge in [-0.05, 0) is 6.42 Å². The maximum Gasteiger partial charge on any atom is 0.332 e. The van der Waals surface area contributed by atoms with Gasteiger partial charge in [0.05, 0.1) is 0 Å². The number of aliphatic carboxylic acids is 1. The second kappa shape index (κ2) is 2.33. The minimum Gasteiger partial charge on any atom is -0.479 e. The molecule has 2 N–H and O–H groups in total. The van der Waals surface area contributed by atoms with Gasteiger partial charge in [0.1, 0.15) is 0 Å². The minimum atomic E-state index is -0.994. The van der Waals surface area contributed by atoms with Gasteiger partial charge in [-0.1, -0.05) is 0 Å². The maximum atomic E-state index is 10.1. The van der Waals surface area contributed by atoms with Crippen LogP contribution in [0.4, 0.5) is 0 Å². The average Bonchev–Trinajstić information content (AvgIpc) is 2.14. The van der Waals surface area contributed by atoms with Gasteiger partial charge in [-0.3, -0.25) is 0 Å². The van der Waals surface area contributed by atoms with Crippen LogP contribution in [0.15, 0.2) is 0 Å². The Morgan fingerprint density at radius 2 is 2.22 bits per heavy atom. The fourth-order valence-electron chi connectivity index (χ4n) is 0.801. The first kappa shape index (κ1) is 6.51. The summed E-state index contributed by atoms with van der Waals surface area (Å²) in [7, 11) is 0. The summed E-state index contributed by atoms with van der Waals surface area (Å²) in [5.74, 6) is -0.994. The summed E-state index contributed by atoms with van der Waals surface area (Å²) in [6.07, 6.45) is -0.820. The van der Waals surface area contributed by atoms with E-state index >= 15 is 0 Å². The topological polar surface area (TPSA) is 66.8 Å². The molecular weight excluding hydrogens is 124 g/mol. The SMILES string of the molecule is O=C(O)[C@H]1CCC(O)O1. The summed E-state index contributed by atoms with van der Waals surface area (Å²) in [5, 5.41) is 17.0. The molecule has 1 saturated heterocycles. The van der Waals surface area contributed by atoms with Gasteiger partial charge in [0, 0.05) is 6.42 Å². The molecule has 52 valence electrons. The van der Waals surface area contributed by atoms with Crippen molar-refractivity contribution in [2.24, 2.45) is 0 Å². The van der Waals surface area contributed by atoms with Crippen molar-refractivity contribution >= 4 is 5.97 Å². The number of carboxylic acids is 1. The van der Waals surface area contributed by atoms with E-state index < -0.39 is 18.4 Å². The van der Waals surface area contributed by atoms with Crippen LogP contribution in [0.25, 0.3) is 0 Å². The van der Waals surface area contributed by atoms with Crippen LogP contribution >= 0.6 is 0 Å². The summed E-state index contributed by atoms with van der Waals surface area (Å²) in [4.78, 5) is 10.1. The summed E-state index contributed by atoms with van der Waals surface area (Å²) < 4.78 is 4.58. The lowest BCUT2D eigenvalue weighted by Gasteiger charge is -2.02. The molecule has 0 radical (unpaired) electrons. The predicted octanol–water partition coefficient (Wildman–Crippen LogP) is -0.432. The molecule has 9 heavy (non-hydrogen) atoms.